The van der Waals surface area contributed by atoms with Crippen LogP contribution in [-0.4, -0.2) is 6.54 Å². The van der Waals surface area contributed by atoms with Crippen LogP contribution in [0.15, 0.2) is 33.2 Å². The first-order valence-electron chi connectivity index (χ1n) is 6.47. The molecule has 1 heterocycles. The maximum atomic E-state index is 13.1. The second-order valence-corrected chi connectivity index (χ2v) is 5.32. The molecule has 20 heavy (non-hydrogen) atoms. The fraction of sp³-hybridized carbons (Fsp3) is 0.333. The van der Waals surface area contributed by atoms with E-state index in [0.29, 0.717) is 12.3 Å². The molecule has 0 radical (unpaired) electrons. The number of halogens is 2. The highest BCUT2D eigenvalue weighted by atomic mass is 79.9. The largest absolute Gasteiger partial charge is 0.484 e. The summed E-state index contributed by atoms with van der Waals surface area (Å²) in [4.78, 5) is 0. The minimum Gasteiger partial charge on any atom is -0.484 e. The van der Waals surface area contributed by atoms with Crippen LogP contribution in [0.1, 0.15) is 24.0 Å². The molecule has 5 heteroatoms. The third-order valence-electron chi connectivity index (χ3n) is 2.87. The fourth-order valence-electron chi connectivity index (χ4n) is 1.81. The van der Waals surface area contributed by atoms with Gasteiger partial charge in [-0.15, -0.1) is 0 Å². The van der Waals surface area contributed by atoms with E-state index in [1.165, 1.54) is 12.1 Å². The maximum Gasteiger partial charge on any atom is 0.146 e. The van der Waals surface area contributed by atoms with Crippen molar-refractivity contribution < 1.29 is 13.5 Å². The van der Waals surface area contributed by atoms with E-state index in [0.717, 1.165) is 28.1 Å². The fourth-order valence-corrected chi connectivity index (χ4v) is 2.17. The summed E-state index contributed by atoms with van der Waals surface area (Å²) >= 11 is 3.33. The highest BCUT2D eigenvalue weighted by Gasteiger charge is 2.09. The van der Waals surface area contributed by atoms with E-state index in [2.05, 4.69) is 21.2 Å². The molecule has 108 valence electrons. The van der Waals surface area contributed by atoms with Gasteiger partial charge in [0.05, 0.1) is 11.0 Å². The van der Waals surface area contributed by atoms with Crippen molar-refractivity contribution in [2.24, 2.45) is 0 Å². The van der Waals surface area contributed by atoms with Crippen LogP contribution in [-0.2, 0) is 13.2 Å². The Kier molecular flexibility index (Phi) is 5.20. The molecule has 1 N–H and O–H groups in total. The summed E-state index contributed by atoms with van der Waals surface area (Å²) in [7, 11) is 0. The minimum atomic E-state index is -0.327. The van der Waals surface area contributed by atoms with E-state index in [1.54, 1.807) is 6.07 Å². The molecule has 2 aromatic rings. The van der Waals surface area contributed by atoms with Crippen LogP contribution < -0.4 is 10.1 Å². The molecule has 1 aromatic heterocycles. The molecule has 0 aliphatic heterocycles. The van der Waals surface area contributed by atoms with Crippen molar-refractivity contribution >= 4 is 15.9 Å². The number of nitrogens with one attached hydrogen (secondary N) is 1. The van der Waals surface area contributed by atoms with E-state index in [4.69, 9.17) is 9.15 Å². The number of aryl methyl sites for hydroxylation is 1. The van der Waals surface area contributed by atoms with Gasteiger partial charge in [0.15, 0.2) is 0 Å². The maximum absolute atomic E-state index is 13.1. The van der Waals surface area contributed by atoms with Crippen molar-refractivity contribution in [2.75, 3.05) is 6.54 Å². The number of ether oxygens (including phenoxy) is 1. The summed E-state index contributed by atoms with van der Waals surface area (Å²) in [6.45, 7) is 5.91. The summed E-state index contributed by atoms with van der Waals surface area (Å²) in [5.41, 5.74) is 1.09. The van der Waals surface area contributed by atoms with Crippen LogP contribution in [0.2, 0.25) is 0 Å². The SMILES string of the molecule is CCNCc1oc(COc2cc(F)ccc2Br)cc1C. The molecule has 0 fully saturated rings. The molecule has 0 aliphatic rings. The van der Waals surface area contributed by atoms with E-state index in [9.17, 15) is 4.39 Å². The lowest BCUT2D eigenvalue weighted by Gasteiger charge is -2.06. The summed E-state index contributed by atoms with van der Waals surface area (Å²) in [6, 6.07) is 6.29. The van der Waals surface area contributed by atoms with Crippen LogP contribution in [0.3, 0.4) is 0 Å². The van der Waals surface area contributed by atoms with E-state index in [-0.39, 0.29) is 12.4 Å². The van der Waals surface area contributed by atoms with Gasteiger partial charge in [-0.25, -0.2) is 4.39 Å². The Hall–Kier alpha value is -1.33. The average Bonchev–Trinajstić information content (AvgIpc) is 2.78. The van der Waals surface area contributed by atoms with Gasteiger partial charge in [0.2, 0.25) is 0 Å². The van der Waals surface area contributed by atoms with Crippen LogP contribution in [0.5, 0.6) is 5.75 Å². The Morgan fingerprint density at radius 3 is 2.90 bits per heavy atom. The van der Waals surface area contributed by atoms with E-state index in [1.807, 2.05) is 19.9 Å². The van der Waals surface area contributed by atoms with Gasteiger partial charge in [0.1, 0.15) is 29.7 Å². The highest BCUT2D eigenvalue weighted by Crippen LogP contribution is 2.27. The van der Waals surface area contributed by atoms with E-state index >= 15 is 0 Å². The third kappa shape index (κ3) is 3.84. The molecule has 3 nitrogen and oxygen atoms in total. The molecule has 0 aliphatic carbocycles. The zero-order valence-electron chi connectivity index (χ0n) is 11.5. The first kappa shape index (κ1) is 15.1. The zero-order valence-corrected chi connectivity index (χ0v) is 13.1. The van der Waals surface area contributed by atoms with Crippen LogP contribution >= 0.6 is 15.9 Å². The third-order valence-corrected chi connectivity index (χ3v) is 3.53. The van der Waals surface area contributed by atoms with Crippen LogP contribution in [0, 0.1) is 12.7 Å². The van der Waals surface area contributed by atoms with Gasteiger partial charge in [-0.2, -0.15) is 0 Å². The second kappa shape index (κ2) is 6.90. The number of hydrogen-bond acceptors (Lipinski definition) is 3. The summed E-state index contributed by atoms with van der Waals surface area (Å²) in [6.07, 6.45) is 0. The molecule has 0 saturated carbocycles. The quantitative estimate of drug-likeness (QED) is 0.855. The minimum absolute atomic E-state index is 0.273. The lowest BCUT2D eigenvalue weighted by molar-refractivity contribution is 0.262. The predicted molar refractivity (Wildman–Crippen MR) is 79.3 cm³/mol. The Balaban J connectivity index is 2.02. The van der Waals surface area contributed by atoms with Crippen LogP contribution in [0.4, 0.5) is 4.39 Å². The van der Waals surface area contributed by atoms with Gasteiger partial charge in [-0.05, 0) is 53.2 Å². The highest BCUT2D eigenvalue weighted by molar-refractivity contribution is 9.10. The van der Waals surface area contributed by atoms with Crippen molar-refractivity contribution in [3.8, 4) is 5.75 Å². The molecule has 1 aromatic carbocycles. The standard InChI is InChI=1S/C15H17BrFNO2/c1-3-18-8-15-10(2)6-12(20-15)9-19-14-7-11(17)4-5-13(14)16/h4-7,18H,3,8-9H2,1-2H3. The smallest absolute Gasteiger partial charge is 0.146 e. The predicted octanol–water partition coefficient (Wildman–Crippen LogP) is 4.18. The summed E-state index contributed by atoms with van der Waals surface area (Å²) < 4.78 is 25.2. The second-order valence-electron chi connectivity index (χ2n) is 4.46. The van der Waals surface area contributed by atoms with Crippen molar-refractivity contribution in [3.63, 3.8) is 0 Å². The Morgan fingerprint density at radius 1 is 1.35 bits per heavy atom. The lowest BCUT2D eigenvalue weighted by Crippen LogP contribution is -2.11. The van der Waals surface area contributed by atoms with Gasteiger partial charge in [0.25, 0.3) is 0 Å². The number of benzene rings is 1. The van der Waals surface area contributed by atoms with E-state index < -0.39 is 0 Å². The Labute approximate surface area is 126 Å². The number of rotatable bonds is 6. The van der Waals surface area contributed by atoms with Crippen molar-refractivity contribution in [3.05, 3.63) is 51.6 Å². The summed E-state index contributed by atoms with van der Waals surface area (Å²) in [5.74, 6) is 1.77. The molecule has 0 bridgehead atoms. The Morgan fingerprint density at radius 2 is 2.15 bits per heavy atom. The van der Waals surface area contributed by atoms with Gasteiger partial charge < -0.3 is 14.5 Å². The van der Waals surface area contributed by atoms with Gasteiger partial charge in [0, 0.05) is 6.07 Å². The Bertz CT molecular complexity index is 583. The topological polar surface area (TPSA) is 34.4 Å². The van der Waals surface area contributed by atoms with Crippen molar-refractivity contribution in [1.29, 1.82) is 0 Å². The normalized spacial score (nSPS) is 10.8. The first-order valence-corrected chi connectivity index (χ1v) is 7.26. The molecule has 0 saturated heterocycles. The molecule has 0 atom stereocenters. The molecule has 0 amide bonds. The lowest BCUT2D eigenvalue weighted by atomic mass is 10.2. The zero-order chi connectivity index (χ0) is 14.5. The monoisotopic (exact) mass is 341 g/mol. The molecule has 0 unspecified atom stereocenters. The molecular weight excluding hydrogens is 325 g/mol. The van der Waals surface area contributed by atoms with Gasteiger partial charge in [-0.1, -0.05) is 6.92 Å². The van der Waals surface area contributed by atoms with Crippen LogP contribution in [0.25, 0.3) is 0 Å². The first-order chi connectivity index (χ1) is 9.60. The average molecular weight is 342 g/mol. The van der Waals surface area contributed by atoms with Crippen molar-refractivity contribution in [1.82, 2.24) is 5.32 Å². The van der Waals surface area contributed by atoms with Crippen molar-refractivity contribution in [2.45, 2.75) is 27.0 Å². The molecule has 2 rings (SSSR count). The van der Waals surface area contributed by atoms with Gasteiger partial charge >= 0.3 is 0 Å². The number of hydrogen-bond donors (Lipinski definition) is 1. The summed E-state index contributed by atoms with van der Waals surface area (Å²) in [5, 5.41) is 3.22. The number of furan rings is 1. The molecule has 0 spiro atoms. The molecular formula is C15H17BrFNO2. The van der Waals surface area contributed by atoms with Gasteiger partial charge in [-0.3, -0.25) is 0 Å².